The molecule has 7 nitrogen and oxygen atoms in total. The quantitative estimate of drug-likeness (QED) is 0.540. The Morgan fingerprint density at radius 1 is 1.48 bits per heavy atom. The van der Waals surface area contributed by atoms with E-state index >= 15 is 0 Å². The van der Waals surface area contributed by atoms with E-state index in [4.69, 9.17) is 21.7 Å². The van der Waals surface area contributed by atoms with Crippen LogP contribution in [0.2, 0.25) is 5.02 Å². The van der Waals surface area contributed by atoms with Crippen LogP contribution in [0.25, 0.3) is 0 Å². The number of aromatic nitrogens is 1. The molecule has 1 aromatic heterocycles. The Hall–Kier alpha value is -2.37. The highest BCUT2D eigenvalue weighted by Crippen LogP contribution is 2.30. The van der Waals surface area contributed by atoms with E-state index in [-0.39, 0.29) is 18.5 Å². The van der Waals surface area contributed by atoms with Gasteiger partial charge in [0.1, 0.15) is 11.6 Å². The Morgan fingerprint density at radius 2 is 2.28 bits per heavy atom. The third kappa shape index (κ3) is 4.80. The molecule has 0 aliphatic carbocycles. The number of pyridine rings is 1. The van der Waals surface area contributed by atoms with Gasteiger partial charge >= 0.3 is 0 Å². The Kier molecular flexibility index (Phi) is 6.93. The van der Waals surface area contributed by atoms with E-state index in [1.54, 1.807) is 25.4 Å². The van der Waals surface area contributed by atoms with Crippen LogP contribution in [0.15, 0.2) is 30.5 Å². The number of hydrogen-bond acceptors (Lipinski definition) is 6. The Morgan fingerprint density at radius 3 is 2.97 bits per heavy atom. The zero-order chi connectivity index (χ0) is 21.0. The molecular weight excluding hydrogens is 409 g/mol. The second-order valence-corrected chi connectivity index (χ2v) is 7.90. The number of carbonyl (C=O) groups is 1. The number of anilines is 2. The van der Waals surface area contributed by atoms with Gasteiger partial charge < -0.3 is 25.3 Å². The largest absolute Gasteiger partial charge is 0.495 e. The molecule has 1 aliphatic heterocycles. The zero-order valence-electron chi connectivity index (χ0n) is 16.5. The van der Waals surface area contributed by atoms with Gasteiger partial charge in [-0.2, -0.15) is 0 Å². The molecule has 2 N–H and O–H groups in total. The fourth-order valence-corrected chi connectivity index (χ4v) is 4.27. The third-order valence-electron chi connectivity index (χ3n) is 4.99. The van der Waals surface area contributed by atoms with Gasteiger partial charge in [-0.1, -0.05) is 11.6 Å². The van der Waals surface area contributed by atoms with Crippen LogP contribution in [0.5, 0.6) is 5.75 Å². The molecule has 0 bridgehead atoms. The maximum absolute atomic E-state index is 12.8. The van der Waals surface area contributed by atoms with Crippen LogP contribution >= 0.6 is 20.8 Å². The number of ether oxygens (including phenoxy) is 1. The van der Waals surface area contributed by atoms with Crippen molar-refractivity contribution >= 4 is 49.8 Å². The van der Waals surface area contributed by atoms with Gasteiger partial charge in [0.25, 0.3) is 0 Å². The van der Waals surface area contributed by atoms with Crippen LogP contribution in [-0.4, -0.2) is 61.3 Å². The second-order valence-electron chi connectivity index (χ2n) is 6.87. The van der Waals surface area contributed by atoms with E-state index in [1.807, 2.05) is 24.0 Å². The number of nitrogens with one attached hydrogen (secondary N) is 2. The summed E-state index contributed by atoms with van der Waals surface area (Å²) in [5.41, 5.74) is 1.69. The van der Waals surface area contributed by atoms with Crippen LogP contribution < -0.4 is 20.3 Å². The van der Waals surface area contributed by atoms with Crippen molar-refractivity contribution in [1.29, 1.82) is 5.41 Å². The molecule has 1 saturated heterocycles. The standard InChI is InChI=1S/C20H25ClN5O2P/c1-13-12-25(16-9-17(28-2)15(21)8-18(16)29)6-7-26(13)19(27)11-24-20-14(10-22)4-3-5-23-20/h3-5,8-10,13,22H,6-7,11-12,29H2,1-2H3,(H,23,24). The number of piperazine rings is 1. The van der Waals surface area contributed by atoms with Crippen molar-refractivity contribution in [2.45, 2.75) is 13.0 Å². The first-order chi connectivity index (χ1) is 13.9. The predicted octanol–water partition coefficient (Wildman–Crippen LogP) is 2.39. The van der Waals surface area contributed by atoms with E-state index in [1.165, 1.54) is 6.21 Å². The fourth-order valence-electron chi connectivity index (χ4n) is 3.48. The highest BCUT2D eigenvalue weighted by Gasteiger charge is 2.28. The lowest BCUT2D eigenvalue weighted by molar-refractivity contribution is -0.131. The maximum atomic E-state index is 12.8. The molecule has 0 spiro atoms. The molecule has 0 radical (unpaired) electrons. The van der Waals surface area contributed by atoms with Crippen molar-refractivity contribution in [3.8, 4) is 5.75 Å². The summed E-state index contributed by atoms with van der Waals surface area (Å²) in [6.45, 7) is 4.25. The SMILES string of the molecule is COc1cc(N2CCN(C(=O)CNc3ncccc3C=N)C(C)C2)c(P)cc1Cl. The fraction of sp³-hybridized carbons (Fsp3) is 0.350. The Balaban J connectivity index is 1.64. The number of halogens is 1. The monoisotopic (exact) mass is 433 g/mol. The normalized spacial score (nSPS) is 16.5. The number of rotatable bonds is 6. The minimum absolute atomic E-state index is 0.0125. The molecule has 29 heavy (non-hydrogen) atoms. The van der Waals surface area contributed by atoms with E-state index in [0.717, 1.165) is 17.5 Å². The average molecular weight is 434 g/mol. The second kappa shape index (κ2) is 9.42. The molecule has 1 amide bonds. The predicted molar refractivity (Wildman–Crippen MR) is 121 cm³/mol. The summed E-state index contributed by atoms with van der Waals surface area (Å²) in [5.74, 6) is 1.20. The van der Waals surface area contributed by atoms with E-state index < -0.39 is 0 Å². The Labute approximate surface area is 178 Å². The number of amides is 1. The molecule has 2 unspecified atom stereocenters. The molecule has 2 heterocycles. The van der Waals surface area contributed by atoms with Crippen LogP contribution in [0.4, 0.5) is 11.5 Å². The third-order valence-corrected chi connectivity index (χ3v) is 5.75. The summed E-state index contributed by atoms with van der Waals surface area (Å²) in [4.78, 5) is 21.1. The molecular formula is C20H25ClN5O2P. The van der Waals surface area contributed by atoms with Gasteiger partial charge in [-0.05, 0) is 30.4 Å². The summed E-state index contributed by atoms with van der Waals surface area (Å²) < 4.78 is 5.35. The highest BCUT2D eigenvalue weighted by atomic mass is 35.5. The topological polar surface area (TPSA) is 81.6 Å². The first kappa shape index (κ1) is 21.3. The molecule has 9 heteroatoms. The molecule has 1 aromatic carbocycles. The number of nitrogens with zero attached hydrogens (tertiary/aromatic N) is 3. The van der Waals surface area contributed by atoms with Crippen molar-refractivity contribution in [3.63, 3.8) is 0 Å². The zero-order valence-corrected chi connectivity index (χ0v) is 18.4. The molecule has 2 atom stereocenters. The minimum Gasteiger partial charge on any atom is -0.495 e. The van der Waals surface area contributed by atoms with Gasteiger partial charge in [0.05, 0.1) is 18.7 Å². The van der Waals surface area contributed by atoms with Gasteiger partial charge in [0.15, 0.2) is 0 Å². The lowest BCUT2D eigenvalue weighted by Crippen LogP contribution is -2.55. The van der Waals surface area contributed by atoms with Crippen LogP contribution in [0.3, 0.4) is 0 Å². The van der Waals surface area contributed by atoms with E-state index in [0.29, 0.717) is 35.2 Å². The van der Waals surface area contributed by atoms with Gasteiger partial charge in [-0.25, -0.2) is 4.98 Å². The smallest absolute Gasteiger partial charge is 0.242 e. The molecule has 0 saturated carbocycles. The van der Waals surface area contributed by atoms with E-state index in [9.17, 15) is 4.79 Å². The van der Waals surface area contributed by atoms with E-state index in [2.05, 4.69) is 24.4 Å². The molecule has 1 fully saturated rings. The minimum atomic E-state index is 0.0125. The number of methoxy groups -OCH3 is 1. The number of benzene rings is 1. The van der Waals surface area contributed by atoms with Crippen LogP contribution in [0, 0.1) is 5.41 Å². The van der Waals surface area contributed by atoms with Crippen molar-refractivity contribution < 1.29 is 9.53 Å². The lowest BCUT2D eigenvalue weighted by atomic mass is 10.1. The van der Waals surface area contributed by atoms with Gasteiger partial charge in [-0.15, -0.1) is 9.24 Å². The lowest BCUT2D eigenvalue weighted by Gasteiger charge is -2.41. The highest BCUT2D eigenvalue weighted by molar-refractivity contribution is 7.28. The molecule has 2 aromatic rings. The van der Waals surface area contributed by atoms with Gasteiger partial charge in [0.2, 0.25) is 5.91 Å². The first-order valence-corrected chi connectivity index (χ1v) is 10.3. The van der Waals surface area contributed by atoms with Crippen molar-refractivity contribution in [2.75, 3.05) is 43.5 Å². The summed E-state index contributed by atoms with van der Waals surface area (Å²) in [6.07, 6.45) is 2.86. The van der Waals surface area contributed by atoms with Crippen molar-refractivity contribution in [2.24, 2.45) is 0 Å². The summed E-state index contributed by atoms with van der Waals surface area (Å²) >= 11 is 6.21. The number of carbonyl (C=O) groups excluding carboxylic acids is 1. The number of hydrogen-bond donors (Lipinski definition) is 2. The van der Waals surface area contributed by atoms with Crippen LogP contribution in [0.1, 0.15) is 12.5 Å². The first-order valence-electron chi connectivity index (χ1n) is 9.31. The molecule has 154 valence electrons. The summed E-state index contributed by atoms with van der Waals surface area (Å²) in [6, 6.07) is 7.42. The van der Waals surface area contributed by atoms with Crippen LogP contribution in [-0.2, 0) is 4.79 Å². The summed E-state index contributed by atoms with van der Waals surface area (Å²) in [5, 5.41) is 12.1. The summed E-state index contributed by atoms with van der Waals surface area (Å²) in [7, 11) is 4.32. The average Bonchev–Trinajstić information content (AvgIpc) is 2.72. The van der Waals surface area contributed by atoms with Gasteiger partial charge in [-0.3, -0.25) is 4.79 Å². The maximum Gasteiger partial charge on any atom is 0.242 e. The van der Waals surface area contributed by atoms with Crippen molar-refractivity contribution in [1.82, 2.24) is 9.88 Å². The molecule has 1 aliphatic rings. The van der Waals surface area contributed by atoms with Crippen molar-refractivity contribution in [3.05, 3.63) is 41.0 Å². The molecule has 3 rings (SSSR count). The van der Waals surface area contributed by atoms with Gasteiger partial charge in [0, 0.05) is 55.4 Å². The Bertz CT molecular complexity index is 910.